The van der Waals surface area contributed by atoms with Gasteiger partial charge in [0.1, 0.15) is 6.07 Å². The lowest BCUT2D eigenvalue weighted by Crippen LogP contribution is -2.72. The Labute approximate surface area is 201 Å². The van der Waals surface area contributed by atoms with Gasteiger partial charge in [-0.1, -0.05) is 12.1 Å². The summed E-state index contributed by atoms with van der Waals surface area (Å²) in [6.45, 7) is 0.0499. The zero-order valence-electron chi connectivity index (χ0n) is 18.9. The maximum atomic E-state index is 13.7. The van der Waals surface area contributed by atoms with Gasteiger partial charge in [0, 0.05) is 19.3 Å². The molecule has 3 heterocycles. The number of pyridine rings is 1. The molecule has 0 unspecified atom stereocenters. The molecule has 7 nitrogen and oxygen atoms in total. The minimum Gasteiger partial charge on any atom is -0.376 e. The minimum absolute atomic E-state index is 0.283. The van der Waals surface area contributed by atoms with Crippen molar-refractivity contribution in [2.45, 2.75) is 37.5 Å². The molecule has 1 aromatic carbocycles. The molecule has 1 aromatic heterocycles. The molecule has 2 aliphatic heterocycles. The van der Waals surface area contributed by atoms with Crippen LogP contribution in [0.5, 0.6) is 0 Å². The molecule has 0 aliphatic carbocycles. The normalized spacial score (nSPS) is 21.5. The summed E-state index contributed by atoms with van der Waals surface area (Å²) in [5, 5.41) is 20.2. The van der Waals surface area contributed by atoms with Gasteiger partial charge in [-0.25, -0.2) is 0 Å². The third kappa shape index (κ3) is 5.14. The number of likely N-dealkylation sites (tertiary alicyclic amines) is 1. The van der Waals surface area contributed by atoms with Crippen LogP contribution in [0.3, 0.4) is 0 Å². The molecule has 0 spiro atoms. The Balaban J connectivity index is 1.52. The summed E-state index contributed by atoms with van der Waals surface area (Å²) in [6.07, 6.45) is -1.89. The third-order valence-corrected chi connectivity index (χ3v) is 6.82. The van der Waals surface area contributed by atoms with Crippen molar-refractivity contribution < 1.29 is 22.7 Å². The van der Waals surface area contributed by atoms with E-state index in [2.05, 4.69) is 16.4 Å². The van der Waals surface area contributed by atoms with E-state index in [0.29, 0.717) is 49.2 Å². The summed E-state index contributed by atoms with van der Waals surface area (Å²) < 4.78 is 46.0. The molecule has 1 N–H and O–H groups in total. The number of carbonyl (C=O) groups is 1. The predicted octanol–water partition coefficient (Wildman–Crippen LogP) is 3.10. The van der Waals surface area contributed by atoms with Gasteiger partial charge in [0.05, 0.1) is 41.5 Å². The first-order valence-electron chi connectivity index (χ1n) is 11.2. The maximum absolute atomic E-state index is 13.7. The number of nitriles is 2. The number of hydrogen-bond acceptors (Lipinski definition) is 6. The van der Waals surface area contributed by atoms with Crippen LogP contribution in [0.4, 0.5) is 13.2 Å². The fourth-order valence-electron chi connectivity index (χ4n) is 4.50. The molecule has 1 amide bonds. The minimum atomic E-state index is -4.61. The van der Waals surface area contributed by atoms with Gasteiger partial charge < -0.3 is 10.1 Å². The van der Waals surface area contributed by atoms with E-state index in [-0.39, 0.29) is 6.54 Å². The number of aryl methyl sites for hydroxylation is 1. The molecular formula is C25H24F3N5O2. The van der Waals surface area contributed by atoms with Crippen LogP contribution in [0, 0.1) is 28.1 Å². The zero-order valence-corrected chi connectivity index (χ0v) is 18.9. The number of halogens is 3. The number of hydrogen-bond donors (Lipinski definition) is 1. The highest BCUT2D eigenvalue weighted by Gasteiger charge is 2.62. The van der Waals surface area contributed by atoms with E-state index >= 15 is 0 Å². The summed E-state index contributed by atoms with van der Waals surface area (Å²) >= 11 is 0. The third-order valence-electron chi connectivity index (χ3n) is 6.82. The molecule has 35 heavy (non-hydrogen) atoms. The number of carbonyl (C=O) groups excluding carboxylic acids is 1. The molecule has 0 saturated carbocycles. The first kappa shape index (κ1) is 24.6. The van der Waals surface area contributed by atoms with Crippen molar-refractivity contribution >= 4 is 5.91 Å². The van der Waals surface area contributed by atoms with Gasteiger partial charge in [-0.2, -0.15) is 23.7 Å². The van der Waals surface area contributed by atoms with E-state index in [4.69, 9.17) is 15.3 Å². The van der Waals surface area contributed by atoms with Crippen molar-refractivity contribution in [3.05, 3.63) is 65.0 Å². The van der Waals surface area contributed by atoms with Crippen LogP contribution in [-0.4, -0.2) is 53.8 Å². The molecule has 2 saturated heterocycles. The topological polar surface area (TPSA) is 102 Å². The zero-order chi connectivity index (χ0) is 25.1. The molecule has 10 heteroatoms. The van der Waals surface area contributed by atoms with Crippen molar-refractivity contribution in [1.29, 1.82) is 10.5 Å². The summed E-state index contributed by atoms with van der Waals surface area (Å²) in [5.41, 5.74) is -0.804. The van der Waals surface area contributed by atoms with E-state index in [9.17, 15) is 18.0 Å². The van der Waals surface area contributed by atoms with E-state index < -0.39 is 36.3 Å². The summed E-state index contributed by atoms with van der Waals surface area (Å²) in [7, 11) is 0. The van der Waals surface area contributed by atoms with Crippen molar-refractivity contribution in [2.24, 2.45) is 5.41 Å². The Morgan fingerprint density at radius 1 is 1.11 bits per heavy atom. The van der Waals surface area contributed by atoms with Crippen molar-refractivity contribution in [1.82, 2.24) is 15.2 Å². The number of rotatable bonds is 7. The molecule has 0 bridgehead atoms. The van der Waals surface area contributed by atoms with Crippen molar-refractivity contribution in [2.75, 3.05) is 26.3 Å². The number of ether oxygens (including phenoxy) is 1. The fourth-order valence-corrected chi connectivity index (χ4v) is 4.50. The van der Waals surface area contributed by atoms with Crippen LogP contribution in [0.25, 0.3) is 0 Å². The Hall–Kier alpha value is -3.47. The Morgan fingerprint density at radius 3 is 2.34 bits per heavy atom. The highest BCUT2D eigenvalue weighted by Crippen LogP contribution is 2.41. The van der Waals surface area contributed by atoms with E-state index in [0.717, 1.165) is 5.56 Å². The van der Waals surface area contributed by atoms with Crippen LogP contribution in [0.2, 0.25) is 0 Å². The number of nitrogens with zero attached hydrogens (tertiary/aromatic N) is 4. The highest BCUT2D eigenvalue weighted by atomic mass is 19.4. The fraction of sp³-hybridized carbons (Fsp3) is 0.440. The SMILES string of the molecule is N#Cc1ccc(CC[C@@]2(C(=O)NC3(C(F)(F)F)COC3)CCN(Cc3ccc(C#N)cn3)C2)cc1. The number of aromatic nitrogens is 1. The standard InChI is InChI=1S/C25H24F3N5O2/c26-25(27,28)24(16-35-17-24)32-22(34)23(8-7-18-1-3-19(11-29)4-2-18)9-10-33(15-23)14-21-6-5-20(12-30)13-31-21/h1-6,13H,7-10,14-17H2,(H,32,34)/t23-/m1/s1. The molecule has 2 aliphatic rings. The largest absolute Gasteiger partial charge is 0.416 e. The van der Waals surface area contributed by atoms with Gasteiger partial charge in [0.25, 0.3) is 0 Å². The number of alkyl halides is 3. The van der Waals surface area contributed by atoms with E-state index in [1.165, 1.54) is 6.20 Å². The van der Waals surface area contributed by atoms with Gasteiger partial charge in [-0.05, 0) is 55.6 Å². The number of amides is 1. The first-order chi connectivity index (χ1) is 16.7. The molecule has 4 rings (SSSR count). The van der Waals surface area contributed by atoms with Crippen LogP contribution < -0.4 is 5.32 Å². The lowest BCUT2D eigenvalue weighted by molar-refractivity contribution is -0.267. The number of benzene rings is 1. The monoisotopic (exact) mass is 483 g/mol. The second kappa shape index (κ2) is 9.65. The van der Waals surface area contributed by atoms with Gasteiger partial charge >= 0.3 is 6.18 Å². The predicted molar refractivity (Wildman–Crippen MR) is 119 cm³/mol. The Bertz CT molecular complexity index is 1150. The van der Waals surface area contributed by atoms with Crippen LogP contribution >= 0.6 is 0 Å². The molecule has 182 valence electrons. The number of nitrogens with one attached hydrogen (secondary N) is 1. The highest BCUT2D eigenvalue weighted by molar-refractivity contribution is 5.84. The Kier molecular flexibility index (Phi) is 6.79. The van der Waals surface area contributed by atoms with Crippen LogP contribution in [0.15, 0.2) is 42.6 Å². The molecule has 2 aromatic rings. The summed E-state index contributed by atoms with van der Waals surface area (Å²) in [5.74, 6) is -0.623. The quantitative estimate of drug-likeness (QED) is 0.650. The summed E-state index contributed by atoms with van der Waals surface area (Å²) in [6, 6.07) is 14.4. The van der Waals surface area contributed by atoms with Gasteiger partial charge in [0.2, 0.25) is 5.91 Å². The van der Waals surface area contributed by atoms with Crippen LogP contribution in [-0.2, 0) is 22.5 Å². The van der Waals surface area contributed by atoms with Crippen molar-refractivity contribution in [3.63, 3.8) is 0 Å². The smallest absolute Gasteiger partial charge is 0.376 e. The first-order valence-corrected chi connectivity index (χ1v) is 11.2. The molecular weight excluding hydrogens is 459 g/mol. The average molecular weight is 483 g/mol. The molecule has 0 radical (unpaired) electrons. The second-order valence-corrected chi connectivity index (χ2v) is 9.23. The van der Waals surface area contributed by atoms with Crippen LogP contribution in [0.1, 0.15) is 35.2 Å². The summed E-state index contributed by atoms with van der Waals surface area (Å²) in [4.78, 5) is 19.7. The lowest BCUT2D eigenvalue weighted by atomic mass is 9.79. The van der Waals surface area contributed by atoms with E-state index in [1.54, 1.807) is 36.4 Å². The van der Waals surface area contributed by atoms with Gasteiger partial charge in [-0.15, -0.1) is 0 Å². The molecule has 1 atom stereocenters. The lowest BCUT2D eigenvalue weighted by Gasteiger charge is -2.45. The average Bonchev–Trinajstić information content (AvgIpc) is 3.24. The van der Waals surface area contributed by atoms with Gasteiger partial charge in [-0.3, -0.25) is 14.7 Å². The molecule has 2 fully saturated rings. The maximum Gasteiger partial charge on any atom is 0.416 e. The van der Waals surface area contributed by atoms with Crippen molar-refractivity contribution in [3.8, 4) is 12.1 Å². The van der Waals surface area contributed by atoms with E-state index in [1.807, 2.05) is 11.0 Å². The second-order valence-electron chi connectivity index (χ2n) is 9.23. The Morgan fingerprint density at radius 2 is 1.80 bits per heavy atom. The van der Waals surface area contributed by atoms with Gasteiger partial charge in [0.15, 0.2) is 5.54 Å².